The molecule has 4 rings (SSSR count). The Kier molecular flexibility index (Phi) is 5.26. The highest BCUT2D eigenvalue weighted by Gasteiger charge is 2.15. The maximum absolute atomic E-state index is 12.5. The quantitative estimate of drug-likeness (QED) is 0.480. The topological polar surface area (TPSA) is 85.1 Å². The molecule has 1 amide bonds. The number of thioether (sulfide) groups is 1. The molecule has 1 aromatic carbocycles. The average Bonchev–Trinajstić information content (AvgIpc) is 3.25. The number of thiazole rings is 1. The van der Waals surface area contributed by atoms with Crippen LogP contribution in [0.1, 0.15) is 34.5 Å². The van der Waals surface area contributed by atoms with Gasteiger partial charge in [0.2, 0.25) is 11.1 Å². The highest BCUT2D eigenvalue weighted by Crippen LogP contribution is 2.29. The van der Waals surface area contributed by atoms with Gasteiger partial charge in [0.15, 0.2) is 5.13 Å². The van der Waals surface area contributed by atoms with E-state index in [4.69, 9.17) is 0 Å². The SMILES string of the molecule is CSc1nc2nc(C)c(CCC(=O)Nc3nc4c(C)cc(C)cc4s3)c(C)n2n1. The number of nitrogens with one attached hydrogen (secondary N) is 1. The lowest BCUT2D eigenvalue weighted by molar-refractivity contribution is -0.116. The van der Waals surface area contributed by atoms with Gasteiger partial charge < -0.3 is 5.32 Å². The van der Waals surface area contributed by atoms with Crippen LogP contribution in [-0.2, 0) is 11.2 Å². The Bertz CT molecular complexity index is 1240. The molecule has 3 heterocycles. The molecule has 0 unspecified atom stereocenters. The van der Waals surface area contributed by atoms with Crippen LogP contribution in [-0.4, -0.2) is 36.7 Å². The number of aromatic nitrogens is 5. The highest BCUT2D eigenvalue weighted by molar-refractivity contribution is 7.98. The van der Waals surface area contributed by atoms with Crippen molar-refractivity contribution in [2.24, 2.45) is 0 Å². The summed E-state index contributed by atoms with van der Waals surface area (Å²) in [4.78, 5) is 26.1. The summed E-state index contributed by atoms with van der Waals surface area (Å²) in [5.41, 5.74) is 6.16. The van der Waals surface area contributed by atoms with E-state index in [2.05, 4.69) is 44.4 Å². The molecule has 0 spiro atoms. The number of carbonyl (C=O) groups excluding carboxylic acids is 1. The normalized spacial score (nSPS) is 11.5. The van der Waals surface area contributed by atoms with Gasteiger partial charge in [-0.25, -0.2) is 14.5 Å². The number of rotatable bonds is 5. The molecule has 0 radical (unpaired) electrons. The number of benzene rings is 1. The lowest BCUT2D eigenvalue weighted by atomic mass is 10.1. The molecule has 9 heteroatoms. The van der Waals surface area contributed by atoms with Crippen LogP contribution in [0.4, 0.5) is 5.13 Å². The van der Waals surface area contributed by atoms with Crippen molar-refractivity contribution in [1.82, 2.24) is 24.6 Å². The molecule has 0 saturated heterocycles. The van der Waals surface area contributed by atoms with Crippen LogP contribution < -0.4 is 5.32 Å². The van der Waals surface area contributed by atoms with Crippen molar-refractivity contribution in [3.63, 3.8) is 0 Å². The molecule has 1 N–H and O–H groups in total. The van der Waals surface area contributed by atoms with Crippen molar-refractivity contribution in [3.05, 3.63) is 40.2 Å². The lowest BCUT2D eigenvalue weighted by Gasteiger charge is -2.10. The fourth-order valence-electron chi connectivity index (χ4n) is 3.48. The van der Waals surface area contributed by atoms with Gasteiger partial charge in [0.1, 0.15) is 0 Å². The minimum Gasteiger partial charge on any atom is -0.302 e. The van der Waals surface area contributed by atoms with E-state index >= 15 is 0 Å². The fourth-order valence-corrected chi connectivity index (χ4v) is 4.88. The van der Waals surface area contributed by atoms with E-state index in [0.29, 0.717) is 28.9 Å². The Morgan fingerprint density at radius 3 is 2.72 bits per heavy atom. The van der Waals surface area contributed by atoms with Crippen molar-refractivity contribution < 1.29 is 4.79 Å². The monoisotopic (exact) mass is 426 g/mol. The van der Waals surface area contributed by atoms with Crippen molar-refractivity contribution in [1.29, 1.82) is 0 Å². The standard InChI is InChI=1S/C20H22N6OS2/c1-10-8-11(2)17-15(9-10)29-19(23-17)22-16(27)7-6-14-12(3)21-18-24-20(28-5)25-26(18)13(14)4/h8-9H,6-7H2,1-5H3,(H,22,23,27). The predicted molar refractivity (Wildman–Crippen MR) is 118 cm³/mol. The first kappa shape index (κ1) is 19.8. The van der Waals surface area contributed by atoms with Crippen LogP contribution in [0.15, 0.2) is 17.3 Å². The lowest BCUT2D eigenvalue weighted by Crippen LogP contribution is -2.14. The van der Waals surface area contributed by atoms with Crippen LogP contribution in [0.3, 0.4) is 0 Å². The van der Waals surface area contributed by atoms with Crippen molar-refractivity contribution in [2.45, 2.75) is 45.7 Å². The second-order valence-electron chi connectivity index (χ2n) is 7.07. The molecule has 29 heavy (non-hydrogen) atoms. The van der Waals surface area contributed by atoms with E-state index in [0.717, 1.165) is 32.7 Å². The maximum Gasteiger partial charge on any atom is 0.253 e. The third kappa shape index (κ3) is 3.84. The summed E-state index contributed by atoms with van der Waals surface area (Å²) in [5, 5.41) is 8.74. The second-order valence-corrected chi connectivity index (χ2v) is 8.87. The molecule has 3 aromatic heterocycles. The van der Waals surface area contributed by atoms with Crippen LogP contribution in [0, 0.1) is 27.7 Å². The largest absolute Gasteiger partial charge is 0.302 e. The number of carbonyl (C=O) groups is 1. The van der Waals surface area contributed by atoms with Crippen LogP contribution in [0.25, 0.3) is 16.0 Å². The maximum atomic E-state index is 12.5. The minimum absolute atomic E-state index is 0.0549. The first-order chi connectivity index (χ1) is 13.9. The molecule has 0 aliphatic rings. The first-order valence-corrected chi connectivity index (χ1v) is 11.3. The number of amides is 1. The highest BCUT2D eigenvalue weighted by atomic mass is 32.2. The van der Waals surface area contributed by atoms with E-state index < -0.39 is 0 Å². The number of aryl methyl sites for hydroxylation is 4. The smallest absolute Gasteiger partial charge is 0.253 e. The molecule has 7 nitrogen and oxygen atoms in total. The summed E-state index contributed by atoms with van der Waals surface area (Å²) < 4.78 is 2.85. The van der Waals surface area contributed by atoms with Gasteiger partial charge in [-0.15, -0.1) is 5.10 Å². The number of hydrogen-bond acceptors (Lipinski definition) is 7. The molecule has 0 aliphatic heterocycles. The summed E-state index contributed by atoms with van der Waals surface area (Å²) >= 11 is 2.99. The van der Waals surface area contributed by atoms with Gasteiger partial charge in [0.05, 0.1) is 10.2 Å². The van der Waals surface area contributed by atoms with Crippen LogP contribution >= 0.6 is 23.1 Å². The molecule has 0 aliphatic carbocycles. The number of hydrogen-bond donors (Lipinski definition) is 1. The molecule has 4 aromatic rings. The molecule has 0 fully saturated rings. The Morgan fingerprint density at radius 1 is 1.17 bits per heavy atom. The zero-order valence-electron chi connectivity index (χ0n) is 17.0. The molecule has 0 bridgehead atoms. The van der Waals surface area contributed by atoms with Gasteiger partial charge in [-0.05, 0) is 63.1 Å². The summed E-state index contributed by atoms with van der Waals surface area (Å²) in [6.07, 6.45) is 2.88. The number of fused-ring (bicyclic) bond motifs is 2. The predicted octanol–water partition coefficient (Wildman–Crippen LogP) is 4.26. The molecular weight excluding hydrogens is 404 g/mol. The first-order valence-electron chi connectivity index (χ1n) is 9.30. The average molecular weight is 427 g/mol. The van der Waals surface area contributed by atoms with Gasteiger partial charge in [-0.3, -0.25) is 4.79 Å². The molecular formula is C20H22N6OS2. The summed E-state index contributed by atoms with van der Waals surface area (Å²) in [7, 11) is 0. The van der Waals surface area contributed by atoms with Crippen molar-refractivity contribution >= 4 is 50.1 Å². The van der Waals surface area contributed by atoms with Gasteiger partial charge in [0, 0.05) is 17.8 Å². The van der Waals surface area contributed by atoms with Crippen molar-refractivity contribution in [2.75, 3.05) is 11.6 Å². The zero-order valence-corrected chi connectivity index (χ0v) is 18.7. The second kappa shape index (κ2) is 7.72. The van der Waals surface area contributed by atoms with Gasteiger partial charge >= 0.3 is 0 Å². The van der Waals surface area contributed by atoms with E-state index in [1.807, 2.05) is 27.0 Å². The Balaban J connectivity index is 1.50. The van der Waals surface area contributed by atoms with E-state index in [-0.39, 0.29) is 5.91 Å². The van der Waals surface area contributed by atoms with Gasteiger partial charge in [0.25, 0.3) is 5.78 Å². The zero-order chi connectivity index (χ0) is 20.7. The van der Waals surface area contributed by atoms with Gasteiger partial charge in [-0.2, -0.15) is 4.98 Å². The molecule has 0 atom stereocenters. The van der Waals surface area contributed by atoms with Crippen LogP contribution in [0.5, 0.6) is 0 Å². The third-order valence-electron chi connectivity index (χ3n) is 4.89. The van der Waals surface area contributed by atoms with E-state index in [1.165, 1.54) is 28.7 Å². The summed E-state index contributed by atoms with van der Waals surface area (Å²) in [5.74, 6) is 0.540. The van der Waals surface area contributed by atoms with Crippen LogP contribution in [0.2, 0.25) is 0 Å². The van der Waals surface area contributed by atoms with Crippen molar-refractivity contribution in [3.8, 4) is 0 Å². The fraction of sp³-hybridized carbons (Fsp3) is 0.350. The van der Waals surface area contributed by atoms with Gasteiger partial charge in [-0.1, -0.05) is 29.2 Å². The molecule has 150 valence electrons. The summed E-state index contributed by atoms with van der Waals surface area (Å²) in [6, 6.07) is 4.21. The van der Waals surface area contributed by atoms with E-state index in [9.17, 15) is 4.79 Å². The number of nitrogens with zero attached hydrogens (tertiary/aromatic N) is 5. The van der Waals surface area contributed by atoms with E-state index in [1.54, 1.807) is 4.52 Å². The molecule has 0 saturated carbocycles. The third-order valence-corrected chi connectivity index (χ3v) is 6.35. The summed E-state index contributed by atoms with van der Waals surface area (Å²) in [6.45, 7) is 8.05. The Labute approximate surface area is 177 Å². The Hall–Kier alpha value is -2.52. The number of anilines is 1. The Morgan fingerprint density at radius 2 is 1.97 bits per heavy atom. The minimum atomic E-state index is -0.0549.